The van der Waals surface area contributed by atoms with Gasteiger partial charge in [0.05, 0.1) is 17.6 Å². The lowest BCUT2D eigenvalue weighted by Crippen LogP contribution is -2.30. The minimum Gasteiger partial charge on any atom is -0.298 e. The van der Waals surface area contributed by atoms with Crippen LogP contribution in [0.1, 0.15) is 15.9 Å². The number of hydrogen-bond acceptors (Lipinski definition) is 3. The summed E-state index contributed by atoms with van der Waals surface area (Å²) in [7, 11) is 0. The molecule has 3 rings (SSSR count). The molecule has 0 bridgehead atoms. The van der Waals surface area contributed by atoms with Crippen LogP contribution >= 0.6 is 0 Å². The van der Waals surface area contributed by atoms with Crippen LogP contribution in [0.5, 0.6) is 0 Å². The van der Waals surface area contributed by atoms with Crippen LogP contribution in [0.15, 0.2) is 73.3 Å². The van der Waals surface area contributed by atoms with Gasteiger partial charge in [-0.1, -0.05) is 55.1 Å². The first-order valence-electron chi connectivity index (χ1n) is 7.56. The van der Waals surface area contributed by atoms with Crippen LogP contribution in [-0.2, 0) is 11.3 Å². The zero-order valence-electron chi connectivity index (χ0n) is 13.1. The van der Waals surface area contributed by atoms with Crippen molar-refractivity contribution in [2.45, 2.75) is 6.54 Å². The van der Waals surface area contributed by atoms with Crippen molar-refractivity contribution in [2.24, 2.45) is 0 Å². The lowest BCUT2D eigenvalue weighted by molar-refractivity contribution is -0.114. The van der Waals surface area contributed by atoms with E-state index in [4.69, 9.17) is 0 Å². The third-order valence-corrected chi connectivity index (χ3v) is 3.74. The van der Waals surface area contributed by atoms with Gasteiger partial charge in [-0.2, -0.15) is 0 Å². The number of para-hydroxylation sites is 1. The fraction of sp³-hybridized carbons (Fsp3) is 0.0500. The van der Waals surface area contributed by atoms with Gasteiger partial charge in [-0.05, 0) is 23.8 Å². The molecule has 1 amide bonds. The molecule has 3 aromatic rings. The Hall–Kier alpha value is -3.27. The van der Waals surface area contributed by atoms with Gasteiger partial charge < -0.3 is 0 Å². The lowest BCUT2D eigenvalue weighted by atomic mass is 10.1. The smallest absolute Gasteiger partial charge is 0.251 e. The predicted octanol–water partition coefficient (Wildman–Crippen LogP) is 3.77. The van der Waals surface area contributed by atoms with Gasteiger partial charge in [0, 0.05) is 5.39 Å². The van der Waals surface area contributed by atoms with E-state index in [1.54, 1.807) is 6.07 Å². The number of benzene rings is 2. The number of aldehydes is 1. The average molecular weight is 316 g/mol. The third-order valence-electron chi connectivity index (χ3n) is 3.74. The molecule has 1 aromatic heterocycles. The number of carbonyl (C=O) groups excluding carboxylic acids is 2. The van der Waals surface area contributed by atoms with Gasteiger partial charge in [0.25, 0.3) is 5.91 Å². The molecule has 2 aromatic carbocycles. The highest BCUT2D eigenvalue weighted by Crippen LogP contribution is 2.24. The Bertz CT molecular complexity index is 904. The highest BCUT2D eigenvalue weighted by Gasteiger charge is 2.19. The fourth-order valence-electron chi connectivity index (χ4n) is 2.56. The number of nitrogens with zero attached hydrogens (tertiary/aromatic N) is 2. The molecule has 0 saturated carbocycles. The highest BCUT2D eigenvalue weighted by molar-refractivity contribution is 6.04. The average Bonchev–Trinajstić information content (AvgIpc) is 2.65. The number of anilines is 1. The van der Waals surface area contributed by atoms with Gasteiger partial charge >= 0.3 is 0 Å². The first kappa shape index (κ1) is 15.6. The molecular weight excluding hydrogens is 300 g/mol. The van der Waals surface area contributed by atoms with Gasteiger partial charge in [-0.15, -0.1) is 0 Å². The summed E-state index contributed by atoms with van der Waals surface area (Å²) in [4.78, 5) is 29.9. The maximum atomic E-state index is 12.4. The second kappa shape index (κ2) is 6.87. The molecule has 1 heterocycles. The molecule has 118 valence electrons. The maximum absolute atomic E-state index is 12.4. The molecular formula is C20H16N2O2. The zero-order valence-corrected chi connectivity index (χ0v) is 13.1. The molecule has 0 unspecified atom stereocenters. The molecule has 4 heteroatoms. The summed E-state index contributed by atoms with van der Waals surface area (Å²) < 4.78 is 0. The molecule has 4 nitrogen and oxygen atoms in total. The Balaban J connectivity index is 2.12. The fourth-order valence-corrected chi connectivity index (χ4v) is 2.56. The second-order valence-corrected chi connectivity index (χ2v) is 5.33. The van der Waals surface area contributed by atoms with Gasteiger partial charge in [0.1, 0.15) is 5.82 Å². The molecule has 24 heavy (non-hydrogen) atoms. The van der Waals surface area contributed by atoms with E-state index in [-0.39, 0.29) is 5.91 Å². The quantitative estimate of drug-likeness (QED) is 0.532. The largest absolute Gasteiger partial charge is 0.298 e. The third kappa shape index (κ3) is 3.08. The van der Waals surface area contributed by atoms with Crippen LogP contribution in [0.3, 0.4) is 0 Å². The molecule has 0 spiro atoms. The van der Waals surface area contributed by atoms with Crippen LogP contribution in [0.4, 0.5) is 5.82 Å². The number of amides is 1. The lowest BCUT2D eigenvalue weighted by Gasteiger charge is -2.22. The summed E-state index contributed by atoms with van der Waals surface area (Å²) in [5, 5.41) is 0.856. The molecule has 0 fully saturated rings. The molecule has 0 aliphatic carbocycles. The standard InChI is InChI=1S/C20H16N2O2/c1-2-19(24)22(13-15-8-4-3-5-9-15)20-17(14-23)12-16-10-6-7-11-18(16)21-20/h2-12,14H,1,13H2. The van der Waals surface area contributed by atoms with E-state index in [1.807, 2.05) is 54.6 Å². The monoisotopic (exact) mass is 316 g/mol. The van der Waals surface area contributed by atoms with Gasteiger partial charge in [0.2, 0.25) is 0 Å². The maximum Gasteiger partial charge on any atom is 0.251 e. The van der Waals surface area contributed by atoms with Crippen molar-refractivity contribution in [1.82, 2.24) is 4.98 Å². The van der Waals surface area contributed by atoms with Crippen molar-refractivity contribution in [3.05, 3.63) is 84.4 Å². The van der Waals surface area contributed by atoms with Crippen LogP contribution in [0.25, 0.3) is 10.9 Å². The molecule has 0 aliphatic heterocycles. The van der Waals surface area contributed by atoms with Crippen molar-refractivity contribution < 1.29 is 9.59 Å². The SMILES string of the molecule is C=CC(=O)N(Cc1ccccc1)c1nc2ccccc2cc1C=O. The van der Waals surface area contributed by atoms with Gasteiger partial charge in [-0.25, -0.2) is 4.98 Å². The van der Waals surface area contributed by atoms with E-state index in [9.17, 15) is 9.59 Å². The van der Waals surface area contributed by atoms with Crippen molar-refractivity contribution >= 4 is 28.9 Å². The number of fused-ring (bicyclic) bond motifs is 1. The Morgan fingerprint density at radius 1 is 1.08 bits per heavy atom. The van der Waals surface area contributed by atoms with E-state index in [0.717, 1.165) is 22.8 Å². The van der Waals surface area contributed by atoms with Crippen molar-refractivity contribution in [3.63, 3.8) is 0 Å². The summed E-state index contributed by atoms with van der Waals surface area (Å²) in [5.41, 5.74) is 2.05. The minimum absolute atomic E-state index is 0.301. The number of hydrogen-bond donors (Lipinski definition) is 0. The Morgan fingerprint density at radius 2 is 1.79 bits per heavy atom. The second-order valence-electron chi connectivity index (χ2n) is 5.33. The van der Waals surface area contributed by atoms with E-state index in [2.05, 4.69) is 11.6 Å². The summed E-state index contributed by atoms with van der Waals surface area (Å²) in [6.07, 6.45) is 1.96. The van der Waals surface area contributed by atoms with Crippen LogP contribution in [0, 0.1) is 0 Å². The number of pyridine rings is 1. The first-order valence-corrected chi connectivity index (χ1v) is 7.56. The Labute approximate surface area is 140 Å². The topological polar surface area (TPSA) is 50.3 Å². The highest BCUT2D eigenvalue weighted by atomic mass is 16.2. The molecule has 0 atom stereocenters. The van der Waals surface area contributed by atoms with Crippen molar-refractivity contribution in [3.8, 4) is 0 Å². The van der Waals surface area contributed by atoms with E-state index in [1.165, 1.54) is 11.0 Å². The summed E-state index contributed by atoms with van der Waals surface area (Å²) in [6, 6.07) is 18.8. The normalized spacial score (nSPS) is 10.3. The Kier molecular flexibility index (Phi) is 4.47. The molecule has 0 aliphatic rings. The number of carbonyl (C=O) groups is 2. The van der Waals surface area contributed by atoms with Crippen LogP contribution in [-0.4, -0.2) is 17.2 Å². The minimum atomic E-state index is -0.301. The number of rotatable bonds is 5. The predicted molar refractivity (Wildman–Crippen MR) is 95.0 cm³/mol. The van der Waals surface area contributed by atoms with E-state index in [0.29, 0.717) is 17.9 Å². The van der Waals surface area contributed by atoms with Crippen LogP contribution < -0.4 is 4.90 Å². The first-order chi connectivity index (χ1) is 11.7. The molecule has 0 radical (unpaired) electrons. The summed E-state index contributed by atoms with van der Waals surface area (Å²) in [5.74, 6) is 0.0437. The van der Waals surface area contributed by atoms with Gasteiger partial charge in [0.15, 0.2) is 6.29 Å². The number of aromatic nitrogens is 1. The van der Waals surface area contributed by atoms with Crippen LogP contribution in [0.2, 0.25) is 0 Å². The molecule has 0 N–H and O–H groups in total. The summed E-state index contributed by atoms with van der Waals surface area (Å²) in [6.45, 7) is 3.88. The Morgan fingerprint density at radius 3 is 2.50 bits per heavy atom. The van der Waals surface area contributed by atoms with Crippen molar-refractivity contribution in [1.29, 1.82) is 0 Å². The molecule has 0 saturated heterocycles. The van der Waals surface area contributed by atoms with Gasteiger partial charge in [-0.3, -0.25) is 14.5 Å². The van der Waals surface area contributed by atoms with E-state index >= 15 is 0 Å². The van der Waals surface area contributed by atoms with E-state index < -0.39 is 0 Å². The summed E-state index contributed by atoms with van der Waals surface area (Å²) >= 11 is 0. The zero-order chi connectivity index (χ0) is 16.9. The van der Waals surface area contributed by atoms with Crippen molar-refractivity contribution in [2.75, 3.05) is 4.90 Å².